The summed E-state index contributed by atoms with van der Waals surface area (Å²) >= 11 is 1.15. The monoisotopic (exact) mass is 584 g/mol. The first-order valence-corrected chi connectivity index (χ1v) is 15.5. The largest absolute Gasteiger partial charge is 0.444 e. The van der Waals surface area contributed by atoms with Gasteiger partial charge in [0.2, 0.25) is 15.9 Å². The third-order valence-corrected chi connectivity index (χ3v) is 13.3. The van der Waals surface area contributed by atoms with Crippen molar-refractivity contribution in [2.24, 2.45) is 0 Å². The zero-order valence-electron chi connectivity index (χ0n) is 20.4. The summed E-state index contributed by atoms with van der Waals surface area (Å²) in [5, 5.41) is 12.2. The van der Waals surface area contributed by atoms with Crippen molar-refractivity contribution < 1.29 is 36.0 Å². The van der Waals surface area contributed by atoms with Crippen LogP contribution < -0.4 is 15.5 Å². The average Bonchev–Trinajstić information content (AvgIpc) is 3.58. The number of sulfone groups is 1. The van der Waals surface area contributed by atoms with E-state index in [2.05, 4.69) is 15.0 Å². The molecule has 1 amide bonds. The van der Waals surface area contributed by atoms with E-state index in [1.165, 1.54) is 19.0 Å². The molecule has 1 unspecified atom stereocenters. The number of thiophene rings is 1. The van der Waals surface area contributed by atoms with Crippen molar-refractivity contribution >= 4 is 37.1 Å². The Balaban J connectivity index is 1.75. The highest BCUT2D eigenvalue weighted by Crippen LogP contribution is 2.46. The van der Waals surface area contributed by atoms with E-state index in [9.17, 15) is 26.8 Å². The zero-order valence-corrected chi connectivity index (χ0v) is 22.9. The third kappa shape index (κ3) is 5.54. The van der Waals surface area contributed by atoms with Crippen molar-refractivity contribution in [3.63, 3.8) is 0 Å². The number of hydroxylamine groups is 1. The molecule has 0 spiro atoms. The number of benzene rings is 1. The molecule has 38 heavy (non-hydrogen) atoms. The molecule has 1 aromatic carbocycles. The predicted molar refractivity (Wildman–Crippen MR) is 140 cm³/mol. The quantitative estimate of drug-likeness (QED) is 0.155. The lowest BCUT2D eigenvalue weighted by molar-refractivity contribution is -0.129. The standard InChI is InChI=1S/C23H28N4O8S3/c1-34-11-10-26-38(32,33)22-14-24-9-8-23(37(22,30)31,12-21(28)27-29)20-7-6-19(36-20)17-4-2-16(3-5-17)18-13-25-15-35-18/h2-7,13,15,22,24,26,29H,8-12,14H2,1H3,(H,27,28)/t22-,23?/m0/s1. The van der Waals surface area contributed by atoms with E-state index >= 15 is 0 Å². The van der Waals surface area contributed by atoms with Crippen LogP contribution in [0, 0.1) is 0 Å². The summed E-state index contributed by atoms with van der Waals surface area (Å²) in [6.45, 7) is -0.265. The van der Waals surface area contributed by atoms with Gasteiger partial charge in [-0.25, -0.2) is 32.0 Å². The fourth-order valence-electron chi connectivity index (χ4n) is 4.40. The number of aromatic nitrogens is 1. The second kappa shape index (κ2) is 11.6. The van der Waals surface area contributed by atoms with Crippen molar-refractivity contribution in [2.75, 3.05) is 33.4 Å². The van der Waals surface area contributed by atoms with Gasteiger partial charge in [0.05, 0.1) is 19.2 Å². The van der Waals surface area contributed by atoms with Gasteiger partial charge in [0, 0.05) is 35.5 Å². The highest BCUT2D eigenvalue weighted by atomic mass is 32.3. The lowest BCUT2D eigenvalue weighted by atomic mass is 9.97. The van der Waals surface area contributed by atoms with E-state index in [1.54, 1.807) is 18.3 Å². The molecule has 3 heterocycles. The molecule has 1 fully saturated rings. The molecule has 12 nitrogen and oxygen atoms in total. The number of hydrogen-bond acceptors (Lipinski definition) is 11. The van der Waals surface area contributed by atoms with Gasteiger partial charge in [0.15, 0.2) is 26.6 Å². The Hall–Kier alpha value is -2.66. The van der Waals surface area contributed by atoms with Gasteiger partial charge in [-0.05, 0) is 30.7 Å². The molecule has 0 bridgehead atoms. The number of nitrogens with zero attached hydrogens (tertiary/aromatic N) is 1. The van der Waals surface area contributed by atoms with Crippen LogP contribution in [0.4, 0.5) is 0 Å². The Labute approximate surface area is 224 Å². The summed E-state index contributed by atoms with van der Waals surface area (Å²) in [6, 6.07) is 10.7. The second-order valence-corrected chi connectivity index (χ2v) is 14.4. The van der Waals surface area contributed by atoms with Crippen molar-refractivity contribution in [1.29, 1.82) is 0 Å². The van der Waals surface area contributed by atoms with E-state index in [4.69, 9.17) is 9.15 Å². The minimum absolute atomic E-state index is 0.0565. The molecule has 0 saturated carbocycles. The number of ether oxygens (including phenoxy) is 1. The van der Waals surface area contributed by atoms with E-state index < -0.39 is 41.5 Å². The maximum absolute atomic E-state index is 14.1. The molecule has 4 rings (SSSR count). The lowest BCUT2D eigenvalue weighted by Crippen LogP contribution is -2.51. The second-order valence-electron chi connectivity index (χ2n) is 8.67. The smallest absolute Gasteiger partial charge is 0.245 e. The fraction of sp³-hybridized carbons (Fsp3) is 0.391. The minimum atomic E-state index is -4.56. The van der Waals surface area contributed by atoms with Gasteiger partial charge in [-0.3, -0.25) is 10.0 Å². The summed E-state index contributed by atoms with van der Waals surface area (Å²) in [4.78, 5) is 17.3. The lowest BCUT2D eigenvalue weighted by Gasteiger charge is -2.32. The number of oxazole rings is 1. The summed E-state index contributed by atoms with van der Waals surface area (Å²) in [5.74, 6) is -0.342. The Morgan fingerprint density at radius 3 is 2.66 bits per heavy atom. The van der Waals surface area contributed by atoms with Gasteiger partial charge in [-0.1, -0.05) is 24.3 Å². The Morgan fingerprint density at radius 1 is 1.26 bits per heavy atom. The molecular formula is C23H28N4O8S3. The van der Waals surface area contributed by atoms with Crippen LogP contribution in [-0.2, 0) is 34.1 Å². The van der Waals surface area contributed by atoms with E-state index in [0.717, 1.165) is 27.3 Å². The van der Waals surface area contributed by atoms with Gasteiger partial charge in [-0.2, -0.15) is 0 Å². The highest BCUT2D eigenvalue weighted by Gasteiger charge is 2.56. The third-order valence-electron chi connectivity index (χ3n) is 6.37. The SMILES string of the molecule is COCCNS(=O)(=O)[C@H]1CNCCC(CC(=O)NO)(c2ccc(-c3ccc(-c4cnco4)cc3)s2)S1(=O)=O. The van der Waals surface area contributed by atoms with E-state index in [1.807, 2.05) is 24.3 Å². The number of hydrogen-bond donors (Lipinski definition) is 4. The molecule has 4 N–H and O–H groups in total. The van der Waals surface area contributed by atoms with Crippen LogP contribution in [0.2, 0.25) is 0 Å². The minimum Gasteiger partial charge on any atom is -0.444 e. The van der Waals surface area contributed by atoms with Crippen molar-refractivity contribution in [3.05, 3.63) is 53.9 Å². The van der Waals surface area contributed by atoms with Crippen LogP contribution in [0.1, 0.15) is 17.7 Å². The average molecular weight is 585 g/mol. The summed E-state index contributed by atoms with van der Waals surface area (Å²) in [6.07, 6.45) is 2.20. The first-order valence-electron chi connectivity index (χ1n) is 11.6. The summed E-state index contributed by atoms with van der Waals surface area (Å²) in [5.41, 5.74) is 3.11. The van der Waals surface area contributed by atoms with Gasteiger partial charge >= 0.3 is 0 Å². The van der Waals surface area contributed by atoms with Crippen LogP contribution >= 0.6 is 11.3 Å². The van der Waals surface area contributed by atoms with Crippen LogP contribution in [0.25, 0.3) is 21.8 Å². The zero-order chi connectivity index (χ0) is 27.4. The van der Waals surface area contributed by atoms with Crippen molar-refractivity contribution in [1.82, 2.24) is 20.5 Å². The number of sulfonamides is 1. The number of amides is 1. The van der Waals surface area contributed by atoms with E-state index in [0.29, 0.717) is 10.6 Å². The highest BCUT2D eigenvalue weighted by molar-refractivity contribution is 8.08. The Bertz CT molecular complexity index is 1450. The molecule has 0 aliphatic carbocycles. The Morgan fingerprint density at radius 2 is 2.00 bits per heavy atom. The van der Waals surface area contributed by atoms with Crippen LogP contribution in [0.3, 0.4) is 0 Å². The molecule has 2 aromatic heterocycles. The summed E-state index contributed by atoms with van der Waals surface area (Å²) in [7, 11) is -7.52. The van der Waals surface area contributed by atoms with Gasteiger partial charge in [0.1, 0.15) is 4.75 Å². The van der Waals surface area contributed by atoms with Crippen molar-refractivity contribution in [3.8, 4) is 21.8 Å². The molecule has 15 heteroatoms. The molecular weight excluding hydrogens is 556 g/mol. The first kappa shape index (κ1) is 28.4. The fourth-order valence-corrected chi connectivity index (χ4v) is 10.9. The Kier molecular flexibility index (Phi) is 8.66. The first-order chi connectivity index (χ1) is 18.1. The number of carbonyl (C=O) groups excluding carboxylic acids is 1. The van der Waals surface area contributed by atoms with Gasteiger partial charge < -0.3 is 14.5 Å². The topological polar surface area (TPSA) is 177 Å². The van der Waals surface area contributed by atoms with Gasteiger partial charge in [-0.15, -0.1) is 11.3 Å². The van der Waals surface area contributed by atoms with E-state index in [-0.39, 0.29) is 32.7 Å². The number of carbonyl (C=O) groups is 1. The van der Waals surface area contributed by atoms with Crippen LogP contribution in [0.5, 0.6) is 0 Å². The molecule has 1 aliphatic heterocycles. The molecule has 1 aliphatic rings. The molecule has 2 atom stereocenters. The normalized spacial score (nSPS) is 21.6. The molecule has 3 aromatic rings. The predicted octanol–water partition coefficient (Wildman–Crippen LogP) is 1.46. The van der Waals surface area contributed by atoms with Gasteiger partial charge in [0.25, 0.3) is 0 Å². The molecule has 0 radical (unpaired) electrons. The molecule has 1 saturated heterocycles. The van der Waals surface area contributed by atoms with Crippen molar-refractivity contribution in [2.45, 2.75) is 22.2 Å². The number of rotatable bonds is 10. The maximum Gasteiger partial charge on any atom is 0.245 e. The molecule has 206 valence electrons. The van der Waals surface area contributed by atoms with Crippen LogP contribution in [-0.4, -0.2) is 70.9 Å². The number of nitrogens with one attached hydrogen (secondary N) is 3. The summed E-state index contributed by atoms with van der Waals surface area (Å²) < 4.78 is 63.2. The maximum atomic E-state index is 14.1. The number of methoxy groups -OCH3 is 1. The van der Waals surface area contributed by atoms with Crippen LogP contribution in [0.15, 0.2) is 53.4 Å².